The van der Waals surface area contributed by atoms with Gasteiger partial charge in [0.25, 0.3) is 0 Å². The van der Waals surface area contributed by atoms with Crippen molar-refractivity contribution < 1.29 is 14.6 Å². The number of aliphatic hydroxyl groups excluding tert-OH is 1. The highest BCUT2D eigenvalue weighted by molar-refractivity contribution is 5.86. The lowest BCUT2D eigenvalue weighted by Crippen LogP contribution is -2.57. The highest BCUT2D eigenvalue weighted by Gasteiger charge is 2.28. The molecule has 1 aromatic carbocycles. The largest absolute Gasteiger partial charge is 0.497 e. The molecule has 0 aromatic heterocycles. The predicted octanol–water partition coefficient (Wildman–Crippen LogP) is -0.00770. The fraction of sp³-hybridized carbons (Fsp3) is 0.417. The van der Waals surface area contributed by atoms with Crippen molar-refractivity contribution in [2.24, 2.45) is 0 Å². The van der Waals surface area contributed by atoms with Crippen LogP contribution in [0, 0.1) is 0 Å². The first-order valence-electron chi connectivity index (χ1n) is 5.55. The summed E-state index contributed by atoms with van der Waals surface area (Å²) in [6.45, 7) is 1.11. The van der Waals surface area contributed by atoms with Crippen LogP contribution in [0.1, 0.15) is 0 Å². The molecule has 0 saturated carbocycles. The second-order valence-electron chi connectivity index (χ2n) is 3.88. The molecule has 0 bridgehead atoms. The average molecular weight is 236 g/mol. The van der Waals surface area contributed by atoms with Crippen molar-refractivity contribution in [1.29, 1.82) is 0 Å². The van der Waals surface area contributed by atoms with Crippen molar-refractivity contribution in [2.75, 3.05) is 31.7 Å². The molecule has 1 unspecified atom stereocenters. The van der Waals surface area contributed by atoms with Gasteiger partial charge in [-0.25, -0.2) is 0 Å². The van der Waals surface area contributed by atoms with Gasteiger partial charge in [-0.15, -0.1) is 0 Å². The summed E-state index contributed by atoms with van der Waals surface area (Å²) in [6.07, 6.45) is 0. The average Bonchev–Trinajstić information content (AvgIpc) is 2.38. The lowest BCUT2D eigenvalue weighted by molar-refractivity contribution is -0.124. The molecule has 17 heavy (non-hydrogen) atoms. The van der Waals surface area contributed by atoms with Gasteiger partial charge >= 0.3 is 0 Å². The number of hydrogen-bond acceptors (Lipinski definition) is 4. The van der Waals surface area contributed by atoms with Crippen LogP contribution in [0.4, 0.5) is 5.69 Å². The number of nitrogens with one attached hydrogen (secondary N) is 1. The summed E-state index contributed by atoms with van der Waals surface area (Å²) < 4.78 is 5.08. The molecule has 1 aromatic rings. The summed E-state index contributed by atoms with van der Waals surface area (Å²) in [7, 11) is 1.61. The monoisotopic (exact) mass is 236 g/mol. The molecule has 1 fully saturated rings. The van der Waals surface area contributed by atoms with Crippen LogP contribution in [0.2, 0.25) is 0 Å². The second kappa shape index (κ2) is 5.05. The van der Waals surface area contributed by atoms with Gasteiger partial charge in [0, 0.05) is 18.8 Å². The molecule has 1 amide bonds. The van der Waals surface area contributed by atoms with Gasteiger partial charge in [0.2, 0.25) is 5.91 Å². The summed E-state index contributed by atoms with van der Waals surface area (Å²) in [5.74, 6) is 0.644. The normalized spacial score (nSPS) is 20.0. The quantitative estimate of drug-likeness (QED) is 0.775. The van der Waals surface area contributed by atoms with Crippen LogP contribution in [0.3, 0.4) is 0 Å². The number of amides is 1. The maximum absolute atomic E-state index is 11.6. The third-order valence-corrected chi connectivity index (χ3v) is 2.91. The molecule has 0 spiro atoms. The number of aliphatic hydroxyl groups is 1. The number of rotatable bonds is 3. The van der Waals surface area contributed by atoms with Gasteiger partial charge in [-0.05, 0) is 24.3 Å². The molecule has 5 nitrogen and oxygen atoms in total. The highest BCUT2D eigenvalue weighted by Crippen LogP contribution is 2.22. The van der Waals surface area contributed by atoms with E-state index in [-0.39, 0.29) is 12.5 Å². The van der Waals surface area contributed by atoms with Crippen LogP contribution in [0.15, 0.2) is 24.3 Å². The van der Waals surface area contributed by atoms with Crippen LogP contribution in [-0.2, 0) is 4.79 Å². The number of piperazine rings is 1. The molecule has 1 saturated heterocycles. The zero-order valence-corrected chi connectivity index (χ0v) is 9.72. The van der Waals surface area contributed by atoms with E-state index in [9.17, 15) is 9.90 Å². The van der Waals surface area contributed by atoms with Crippen molar-refractivity contribution in [3.8, 4) is 5.75 Å². The number of carbonyl (C=O) groups is 1. The Balaban J connectivity index is 2.21. The number of methoxy groups -OCH3 is 1. The van der Waals surface area contributed by atoms with Crippen LogP contribution in [-0.4, -0.2) is 43.9 Å². The molecule has 1 heterocycles. The maximum atomic E-state index is 11.6. The fourth-order valence-electron chi connectivity index (χ4n) is 1.98. The maximum Gasteiger partial charge on any atom is 0.245 e. The third-order valence-electron chi connectivity index (χ3n) is 2.91. The van der Waals surface area contributed by atoms with Crippen molar-refractivity contribution in [3.63, 3.8) is 0 Å². The Morgan fingerprint density at radius 2 is 2.18 bits per heavy atom. The topological polar surface area (TPSA) is 61.8 Å². The molecule has 1 aliphatic heterocycles. The van der Waals surface area contributed by atoms with Crippen LogP contribution in [0.5, 0.6) is 5.75 Å². The minimum atomic E-state index is -0.503. The SMILES string of the molecule is COc1ccc(N2CCNC(=O)C2CO)cc1. The van der Waals surface area contributed by atoms with Crippen molar-refractivity contribution in [2.45, 2.75) is 6.04 Å². The van der Waals surface area contributed by atoms with E-state index in [1.165, 1.54) is 0 Å². The Morgan fingerprint density at radius 3 is 2.76 bits per heavy atom. The molecule has 5 heteroatoms. The summed E-state index contributed by atoms with van der Waals surface area (Å²) in [4.78, 5) is 13.5. The minimum Gasteiger partial charge on any atom is -0.497 e. The van der Waals surface area contributed by atoms with E-state index < -0.39 is 6.04 Å². The first-order valence-corrected chi connectivity index (χ1v) is 5.55. The van der Waals surface area contributed by atoms with Crippen molar-refractivity contribution in [3.05, 3.63) is 24.3 Å². The van der Waals surface area contributed by atoms with Crippen LogP contribution < -0.4 is 15.0 Å². The standard InChI is InChI=1S/C12H16N2O3/c1-17-10-4-2-9(3-5-10)14-7-6-13-12(16)11(14)8-15/h2-5,11,15H,6-8H2,1H3,(H,13,16). The molecule has 1 atom stereocenters. The molecule has 1 aliphatic rings. The van der Waals surface area contributed by atoms with Gasteiger partial charge in [0.05, 0.1) is 13.7 Å². The number of nitrogens with zero attached hydrogens (tertiary/aromatic N) is 1. The van der Waals surface area contributed by atoms with Crippen molar-refractivity contribution >= 4 is 11.6 Å². The predicted molar refractivity (Wildman–Crippen MR) is 64.2 cm³/mol. The van der Waals surface area contributed by atoms with Gasteiger partial charge in [-0.3, -0.25) is 4.79 Å². The van der Waals surface area contributed by atoms with Crippen LogP contribution in [0.25, 0.3) is 0 Å². The number of carbonyl (C=O) groups excluding carboxylic acids is 1. The second-order valence-corrected chi connectivity index (χ2v) is 3.88. The molecule has 92 valence electrons. The molecule has 0 aliphatic carbocycles. The van der Waals surface area contributed by atoms with Gasteiger partial charge in [-0.1, -0.05) is 0 Å². The molecular formula is C12H16N2O3. The number of hydrogen-bond donors (Lipinski definition) is 2. The lowest BCUT2D eigenvalue weighted by atomic mass is 10.1. The first-order chi connectivity index (χ1) is 8.26. The zero-order chi connectivity index (χ0) is 12.3. The van der Waals surface area contributed by atoms with E-state index in [0.29, 0.717) is 13.1 Å². The number of benzene rings is 1. The van der Waals surface area contributed by atoms with E-state index in [0.717, 1.165) is 11.4 Å². The van der Waals surface area contributed by atoms with E-state index in [1.807, 2.05) is 29.2 Å². The summed E-state index contributed by atoms with van der Waals surface area (Å²) in [5.41, 5.74) is 0.916. The van der Waals surface area contributed by atoms with Crippen molar-refractivity contribution in [1.82, 2.24) is 5.32 Å². The third kappa shape index (κ3) is 2.34. The minimum absolute atomic E-state index is 0.130. The summed E-state index contributed by atoms with van der Waals surface area (Å²) in [5, 5.41) is 12.0. The molecular weight excluding hydrogens is 220 g/mol. The lowest BCUT2D eigenvalue weighted by Gasteiger charge is -2.35. The summed E-state index contributed by atoms with van der Waals surface area (Å²) >= 11 is 0. The van der Waals surface area contributed by atoms with E-state index in [4.69, 9.17) is 4.74 Å². The number of anilines is 1. The Morgan fingerprint density at radius 1 is 1.47 bits per heavy atom. The zero-order valence-electron chi connectivity index (χ0n) is 9.72. The Bertz CT molecular complexity index is 391. The van der Waals surface area contributed by atoms with Gasteiger partial charge in [0.1, 0.15) is 11.8 Å². The van der Waals surface area contributed by atoms with Crippen LogP contribution >= 0.6 is 0 Å². The van der Waals surface area contributed by atoms with E-state index in [2.05, 4.69) is 5.32 Å². The fourth-order valence-corrected chi connectivity index (χ4v) is 1.98. The van der Waals surface area contributed by atoms with Gasteiger partial charge < -0.3 is 20.1 Å². The van der Waals surface area contributed by atoms with Gasteiger partial charge in [-0.2, -0.15) is 0 Å². The number of ether oxygens (including phenoxy) is 1. The molecule has 2 rings (SSSR count). The Labute approximate surface area is 100.0 Å². The van der Waals surface area contributed by atoms with Gasteiger partial charge in [0.15, 0.2) is 0 Å². The Hall–Kier alpha value is -1.75. The summed E-state index contributed by atoms with van der Waals surface area (Å²) in [6, 6.07) is 6.96. The molecule has 2 N–H and O–H groups in total. The highest BCUT2D eigenvalue weighted by atomic mass is 16.5. The first kappa shape index (κ1) is 11.7. The Kier molecular flexibility index (Phi) is 3.49. The van der Waals surface area contributed by atoms with E-state index >= 15 is 0 Å². The smallest absolute Gasteiger partial charge is 0.245 e. The molecule has 0 radical (unpaired) electrons. The van der Waals surface area contributed by atoms with E-state index in [1.54, 1.807) is 7.11 Å².